The van der Waals surface area contributed by atoms with E-state index in [9.17, 15) is 0 Å². The Morgan fingerprint density at radius 3 is 2.39 bits per heavy atom. The van der Waals surface area contributed by atoms with Crippen LogP contribution in [-0.2, 0) is 0 Å². The maximum Gasteiger partial charge on any atom is 0.168 e. The molecule has 2 aliphatic heterocycles. The van der Waals surface area contributed by atoms with E-state index in [0.29, 0.717) is 0 Å². The van der Waals surface area contributed by atoms with Gasteiger partial charge in [0.25, 0.3) is 0 Å². The molecule has 0 atom stereocenters. The van der Waals surface area contributed by atoms with E-state index in [2.05, 4.69) is 22.0 Å². The molecule has 0 aliphatic carbocycles. The molecule has 18 heavy (non-hydrogen) atoms. The molecule has 4 heteroatoms. The van der Waals surface area contributed by atoms with Gasteiger partial charge in [0.05, 0.1) is 0 Å². The smallest absolute Gasteiger partial charge is 0.168 e. The second-order valence-corrected chi connectivity index (χ2v) is 5.93. The molecule has 0 aromatic rings. The summed E-state index contributed by atoms with van der Waals surface area (Å²) in [5.74, 6) is 0. The number of likely N-dealkylation sites (tertiary alicyclic amines) is 2. The van der Waals surface area contributed by atoms with Crippen molar-refractivity contribution in [1.29, 1.82) is 0 Å². The Labute approximate surface area is 117 Å². The van der Waals surface area contributed by atoms with Gasteiger partial charge in [-0.2, -0.15) is 0 Å². The van der Waals surface area contributed by atoms with E-state index in [-0.39, 0.29) is 0 Å². The minimum absolute atomic E-state index is 0.815. The van der Waals surface area contributed by atoms with Crippen molar-refractivity contribution in [2.45, 2.75) is 51.5 Å². The molecular weight excluding hydrogens is 242 g/mol. The van der Waals surface area contributed by atoms with Crippen LogP contribution in [0.4, 0.5) is 0 Å². The van der Waals surface area contributed by atoms with Gasteiger partial charge in [-0.1, -0.05) is 13.3 Å². The summed E-state index contributed by atoms with van der Waals surface area (Å²) < 4.78 is 0. The number of rotatable bonds is 3. The average Bonchev–Trinajstić information content (AvgIpc) is 2.46. The summed E-state index contributed by atoms with van der Waals surface area (Å²) in [6.07, 6.45) is 7.94. The molecule has 2 aliphatic rings. The molecule has 2 heterocycles. The first-order chi connectivity index (χ1) is 8.81. The fraction of sp³-hybridized carbons (Fsp3) is 0.929. The molecule has 3 nitrogen and oxygen atoms in total. The zero-order valence-corrected chi connectivity index (χ0v) is 12.5. The van der Waals surface area contributed by atoms with Crippen LogP contribution in [-0.4, -0.2) is 53.7 Å². The number of nitrogens with one attached hydrogen (secondary N) is 1. The van der Waals surface area contributed by atoms with E-state index in [1.54, 1.807) is 0 Å². The van der Waals surface area contributed by atoms with E-state index in [1.807, 2.05) is 0 Å². The second kappa shape index (κ2) is 7.29. The molecular formula is C14H27N3S. The lowest BCUT2D eigenvalue weighted by Gasteiger charge is -2.41. The zero-order chi connectivity index (χ0) is 12.8. The highest BCUT2D eigenvalue weighted by Crippen LogP contribution is 2.20. The lowest BCUT2D eigenvalue weighted by atomic mass is 10.0. The number of piperidine rings is 2. The highest BCUT2D eigenvalue weighted by Gasteiger charge is 2.26. The van der Waals surface area contributed by atoms with E-state index in [0.717, 1.165) is 37.2 Å². The van der Waals surface area contributed by atoms with E-state index in [4.69, 9.17) is 12.2 Å². The molecule has 2 rings (SSSR count). The normalized spacial score (nSPS) is 23.1. The van der Waals surface area contributed by atoms with Gasteiger partial charge < -0.3 is 15.1 Å². The summed E-state index contributed by atoms with van der Waals surface area (Å²) in [7, 11) is 0. The van der Waals surface area contributed by atoms with Gasteiger partial charge in [-0.3, -0.25) is 0 Å². The first-order valence-corrected chi connectivity index (χ1v) is 7.99. The van der Waals surface area contributed by atoms with Crippen molar-refractivity contribution in [2.75, 3.05) is 32.7 Å². The van der Waals surface area contributed by atoms with Gasteiger partial charge in [0.2, 0.25) is 0 Å². The first-order valence-electron chi connectivity index (χ1n) is 7.58. The molecule has 2 saturated heterocycles. The average molecular weight is 269 g/mol. The molecule has 0 bridgehead atoms. The predicted molar refractivity (Wildman–Crippen MR) is 80.9 cm³/mol. The quantitative estimate of drug-likeness (QED) is 0.792. The van der Waals surface area contributed by atoms with Gasteiger partial charge in [-0.15, -0.1) is 0 Å². The molecule has 0 aromatic carbocycles. The Bertz CT molecular complexity index is 256. The van der Waals surface area contributed by atoms with E-state index < -0.39 is 0 Å². The van der Waals surface area contributed by atoms with Gasteiger partial charge >= 0.3 is 0 Å². The van der Waals surface area contributed by atoms with Crippen LogP contribution in [0.2, 0.25) is 0 Å². The summed E-state index contributed by atoms with van der Waals surface area (Å²) in [6.45, 7) is 8.10. The van der Waals surface area contributed by atoms with Crippen molar-refractivity contribution in [3.8, 4) is 0 Å². The molecule has 0 saturated carbocycles. The largest absolute Gasteiger partial charge is 0.363 e. The predicted octanol–water partition coefficient (Wildman–Crippen LogP) is 2.22. The first kappa shape index (κ1) is 14.1. The highest BCUT2D eigenvalue weighted by atomic mass is 32.1. The van der Waals surface area contributed by atoms with Gasteiger partial charge in [-0.25, -0.2) is 0 Å². The lowest BCUT2D eigenvalue weighted by molar-refractivity contribution is 0.114. The topological polar surface area (TPSA) is 18.5 Å². The van der Waals surface area contributed by atoms with Crippen molar-refractivity contribution >= 4 is 17.3 Å². The van der Waals surface area contributed by atoms with Crippen molar-refractivity contribution < 1.29 is 0 Å². The SMILES string of the molecule is CCCNC(=S)N1CCC(N2CCCCC2)CC1. The highest BCUT2D eigenvalue weighted by molar-refractivity contribution is 7.80. The Hall–Kier alpha value is -0.350. The van der Waals surface area contributed by atoms with E-state index >= 15 is 0 Å². The minimum atomic E-state index is 0.815. The van der Waals surface area contributed by atoms with Crippen molar-refractivity contribution in [2.24, 2.45) is 0 Å². The van der Waals surface area contributed by atoms with Crippen LogP contribution in [0.5, 0.6) is 0 Å². The molecule has 0 radical (unpaired) electrons. The summed E-state index contributed by atoms with van der Waals surface area (Å²) in [5.41, 5.74) is 0. The van der Waals surface area contributed by atoms with Crippen molar-refractivity contribution in [1.82, 2.24) is 15.1 Å². The van der Waals surface area contributed by atoms with Crippen molar-refractivity contribution in [3.05, 3.63) is 0 Å². The Kier molecular flexibility index (Phi) is 5.70. The fourth-order valence-corrected chi connectivity index (χ4v) is 3.35. The van der Waals surface area contributed by atoms with Crippen LogP contribution >= 0.6 is 12.2 Å². The standard InChI is InChI=1S/C14H27N3S/c1-2-8-15-14(18)17-11-6-13(7-12-17)16-9-4-3-5-10-16/h13H,2-12H2,1H3,(H,15,18). The second-order valence-electron chi connectivity index (χ2n) is 5.55. The lowest BCUT2D eigenvalue weighted by Crippen LogP contribution is -2.50. The number of thiocarbonyl (C=S) groups is 1. The molecule has 0 spiro atoms. The third-order valence-corrected chi connectivity index (χ3v) is 4.59. The monoisotopic (exact) mass is 269 g/mol. The molecule has 0 amide bonds. The third-order valence-electron chi connectivity index (χ3n) is 4.18. The Morgan fingerprint density at radius 2 is 1.78 bits per heavy atom. The molecule has 1 N–H and O–H groups in total. The molecule has 0 aromatic heterocycles. The van der Waals surface area contributed by atoms with Gasteiger partial charge in [0, 0.05) is 25.7 Å². The summed E-state index contributed by atoms with van der Waals surface area (Å²) in [6, 6.07) is 0.815. The molecule has 104 valence electrons. The van der Waals surface area contributed by atoms with Crippen LogP contribution < -0.4 is 5.32 Å². The summed E-state index contributed by atoms with van der Waals surface area (Å²) in [5, 5.41) is 4.31. The number of hydrogen-bond donors (Lipinski definition) is 1. The third kappa shape index (κ3) is 3.82. The Morgan fingerprint density at radius 1 is 1.11 bits per heavy atom. The molecule has 0 unspecified atom stereocenters. The van der Waals surface area contributed by atoms with Crippen molar-refractivity contribution in [3.63, 3.8) is 0 Å². The van der Waals surface area contributed by atoms with Gasteiger partial charge in [-0.05, 0) is 57.4 Å². The zero-order valence-electron chi connectivity index (χ0n) is 11.7. The van der Waals surface area contributed by atoms with Gasteiger partial charge in [0.15, 0.2) is 5.11 Å². The van der Waals surface area contributed by atoms with Gasteiger partial charge in [0.1, 0.15) is 0 Å². The number of hydrogen-bond acceptors (Lipinski definition) is 2. The maximum absolute atomic E-state index is 5.44. The summed E-state index contributed by atoms with van der Waals surface area (Å²) in [4.78, 5) is 5.06. The van der Waals surface area contributed by atoms with Crippen LogP contribution in [0.15, 0.2) is 0 Å². The number of nitrogens with zero attached hydrogens (tertiary/aromatic N) is 2. The van der Waals surface area contributed by atoms with Crippen LogP contribution in [0, 0.1) is 0 Å². The van der Waals surface area contributed by atoms with Crippen LogP contribution in [0.25, 0.3) is 0 Å². The minimum Gasteiger partial charge on any atom is -0.363 e. The summed E-state index contributed by atoms with van der Waals surface area (Å²) >= 11 is 5.44. The van der Waals surface area contributed by atoms with Crippen LogP contribution in [0.3, 0.4) is 0 Å². The van der Waals surface area contributed by atoms with Crippen LogP contribution in [0.1, 0.15) is 45.4 Å². The molecule has 2 fully saturated rings. The fourth-order valence-electron chi connectivity index (χ4n) is 3.06. The maximum atomic E-state index is 5.44. The Balaban J connectivity index is 1.71. The van der Waals surface area contributed by atoms with E-state index in [1.165, 1.54) is 45.2 Å².